The summed E-state index contributed by atoms with van der Waals surface area (Å²) in [6.45, 7) is 0. The molecule has 5 heteroatoms. The molecular formula is C22H14O5. The van der Waals surface area contributed by atoms with E-state index in [2.05, 4.69) is 0 Å². The molecule has 4 aromatic rings. The van der Waals surface area contributed by atoms with Crippen LogP contribution in [0.25, 0.3) is 28.4 Å². The molecule has 5 nitrogen and oxygen atoms in total. The Morgan fingerprint density at radius 3 is 2.44 bits per heavy atom. The molecule has 0 saturated carbocycles. The molecule has 0 aliphatic heterocycles. The standard InChI is InChI=1S/C22H14O5/c23-17(20-21(24)16-8-4-5-9-19(16)27-22(20)25)12-10-15-11-13-18(26-15)14-6-2-1-3-7-14/h1-13,24H/b12-10+. The van der Waals surface area contributed by atoms with Crippen LogP contribution in [0.3, 0.4) is 0 Å². The lowest BCUT2D eigenvalue weighted by molar-refractivity contribution is 0.104. The molecule has 132 valence electrons. The van der Waals surface area contributed by atoms with Gasteiger partial charge in [0.25, 0.3) is 0 Å². The molecule has 0 fully saturated rings. The molecule has 2 aromatic carbocycles. The monoisotopic (exact) mass is 358 g/mol. The third-order valence-corrected chi connectivity index (χ3v) is 4.12. The van der Waals surface area contributed by atoms with E-state index in [1.807, 2.05) is 30.3 Å². The average Bonchev–Trinajstić information content (AvgIpc) is 3.16. The Morgan fingerprint density at radius 2 is 1.63 bits per heavy atom. The van der Waals surface area contributed by atoms with Crippen molar-refractivity contribution in [3.8, 4) is 17.1 Å². The number of benzene rings is 2. The van der Waals surface area contributed by atoms with Crippen molar-refractivity contribution in [3.63, 3.8) is 0 Å². The van der Waals surface area contributed by atoms with Crippen LogP contribution in [0.5, 0.6) is 5.75 Å². The molecule has 0 radical (unpaired) electrons. The minimum Gasteiger partial charge on any atom is -0.506 e. The first-order valence-electron chi connectivity index (χ1n) is 8.26. The van der Waals surface area contributed by atoms with E-state index in [1.165, 1.54) is 12.2 Å². The van der Waals surface area contributed by atoms with Gasteiger partial charge in [-0.05, 0) is 36.4 Å². The summed E-state index contributed by atoms with van der Waals surface area (Å²) < 4.78 is 10.8. The van der Waals surface area contributed by atoms with E-state index in [0.717, 1.165) is 5.56 Å². The Labute approximate surface area is 153 Å². The summed E-state index contributed by atoms with van der Waals surface area (Å²) in [5, 5.41) is 10.6. The highest BCUT2D eigenvalue weighted by Gasteiger charge is 2.18. The van der Waals surface area contributed by atoms with Gasteiger partial charge in [-0.1, -0.05) is 42.5 Å². The van der Waals surface area contributed by atoms with Crippen molar-refractivity contribution in [1.82, 2.24) is 0 Å². The van der Waals surface area contributed by atoms with Crippen molar-refractivity contribution >= 4 is 22.8 Å². The number of para-hydroxylation sites is 1. The number of fused-ring (bicyclic) bond motifs is 1. The van der Waals surface area contributed by atoms with Crippen LogP contribution in [0.1, 0.15) is 16.1 Å². The molecule has 0 unspecified atom stereocenters. The number of hydrogen-bond acceptors (Lipinski definition) is 5. The van der Waals surface area contributed by atoms with Gasteiger partial charge in [0, 0.05) is 5.56 Å². The molecule has 0 spiro atoms. The Balaban J connectivity index is 1.64. The Morgan fingerprint density at radius 1 is 0.889 bits per heavy atom. The molecule has 0 aliphatic carbocycles. The van der Waals surface area contributed by atoms with Gasteiger partial charge in [0.1, 0.15) is 28.4 Å². The Hall–Kier alpha value is -3.86. The van der Waals surface area contributed by atoms with Crippen LogP contribution in [0.4, 0.5) is 0 Å². The lowest BCUT2D eigenvalue weighted by Crippen LogP contribution is -2.12. The molecule has 0 aliphatic rings. The summed E-state index contributed by atoms with van der Waals surface area (Å²) in [5.41, 5.74) is -0.152. The van der Waals surface area contributed by atoms with Crippen LogP contribution in [-0.4, -0.2) is 10.9 Å². The van der Waals surface area contributed by atoms with Gasteiger partial charge in [-0.15, -0.1) is 0 Å². The second-order valence-corrected chi connectivity index (χ2v) is 5.87. The maximum atomic E-state index is 12.4. The van der Waals surface area contributed by atoms with Crippen LogP contribution in [0.15, 0.2) is 86.4 Å². The van der Waals surface area contributed by atoms with Gasteiger partial charge in [-0.2, -0.15) is 0 Å². The minimum atomic E-state index is -0.884. The van der Waals surface area contributed by atoms with Crippen molar-refractivity contribution in [2.24, 2.45) is 0 Å². The molecular weight excluding hydrogens is 344 g/mol. The fourth-order valence-electron chi connectivity index (χ4n) is 2.79. The molecule has 2 heterocycles. The molecule has 2 aromatic heterocycles. The maximum Gasteiger partial charge on any atom is 0.351 e. The second kappa shape index (κ2) is 6.80. The van der Waals surface area contributed by atoms with Gasteiger partial charge in [0.2, 0.25) is 0 Å². The van der Waals surface area contributed by atoms with Gasteiger partial charge in [0.15, 0.2) is 5.78 Å². The van der Waals surface area contributed by atoms with E-state index in [9.17, 15) is 14.7 Å². The first-order chi connectivity index (χ1) is 13.1. The topological polar surface area (TPSA) is 80.7 Å². The number of rotatable bonds is 4. The number of carbonyl (C=O) groups excluding carboxylic acids is 1. The van der Waals surface area contributed by atoms with Crippen molar-refractivity contribution < 1.29 is 18.7 Å². The van der Waals surface area contributed by atoms with Crippen molar-refractivity contribution in [2.45, 2.75) is 0 Å². The summed E-state index contributed by atoms with van der Waals surface area (Å²) >= 11 is 0. The molecule has 0 amide bonds. The summed E-state index contributed by atoms with van der Waals surface area (Å²) in [6, 6.07) is 19.5. The number of aromatic hydroxyl groups is 1. The summed E-state index contributed by atoms with van der Waals surface area (Å²) in [6.07, 6.45) is 2.62. The lowest BCUT2D eigenvalue weighted by atomic mass is 10.1. The van der Waals surface area contributed by atoms with Gasteiger partial charge >= 0.3 is 5.63 Å². The molecule has 0 saturated heterocycles. The quantitative estimate of drug-likeness (QED) is 0.326. The van der Waals surface area contributed by atoms with Crippen LogP contribution in [0.2, 0.25) is 0 Å². The Kier molecular flexibility index (Phi) is 4.18. The number of hydrogen-bond donors (Lipinski definition) is 1. The van der Waals surface area contributed by atoms with E-state index in [1.54, 1.807) is 36.4 Å². The fourth-order valence-corrected chi connectivity index (χ4v) is 2.79. The summed E-state index contributed by atoms with van der Waals surface area (Å²) in [4.78, 5) is 24.5. The van der Waals surface area contributed by atoms with Gasteiger partial charge in [-0.25, -0.2) is 4.79 Å². The van der Waals surface area contributed by atoms with E-state index in [0.29, 0.717) is 16.9 Å². The summed E-state index contributed by atoms with van der Waals surface area (Å²) in [7, 11) is 0. The molecule has 4 rings (SSSR count). The highest BCUT2D eigenvalue weighted by Crippen LogP contribution is 2.27. The maximum absolute atomic E-state index is 12.4. The largest absolute Gasteiger partial charge is 0.506 e. The van der Waals surface area contributed by atoms with Crippen molar-refractivity contribution in [1.29, 1.82) is 0 Å². The number of furan rings is 1. The number of allylic oxidation sites excluding steroid dienone is 1. The van der Waals surface area contributed by atoms with E-state index < -0.39 is 17.0 Å². The van der Waals surface area contributed by atoms with Crippen LogP contribution >= 0.6 is 0 Å². The number of carbonyl (C=O) groups is 1. The lowest BCUT2D eigenvalue weighted by Gasteiger charge is -2.03. The van der Waals surface area contributed by atoms with Gasteiger partial charge in [-0.3, -0.25) is 4.79 Å². The second-order valence-electron chi connectivity index (χ2n) is 5.87. The molecule has 0 atom stereocenters. The SMILES string of the molecule is O=C(/C=C/c1ccc(-c2ccccc2)o1)c1c(O)c2ccccc2oc1=O. The third kappa shape index (κ3) is 3.18. The molecule has 27 heavy (non-hydrogen) atoms. The van der Waals surface area contributed by atoms with Gasteiger partial charge in [0.05, 0.1) is 5.39 Å². The van der Waals surface area contributed by atoms with Crippen LogP contribution < -0.4 is 5.63 Å². The van der Waals surface area contributed by atoms with Crippen molar-refractivity contribution in [2.75, 3.05) is 0 Å². The normalized spacial score (nSPS) is 11.3. The highest BCUT2D eigenvalue weighted by molar-refractivity contribution is 6.10. The predicted molar refractivity (Wildman–Crippen MR) is 102 cm³/mol. The van der Waals surface area contributed by atoms with E-state index in [4.69, 9.17) is 8.83 Å². The highest BCUT2D eigenvalue weighted by atomic mass is 16.4. The first kappa shape index (κ1) is 16.6. The third-order valence-electron chi connectivity index (χ3n) is 4.12. The number of ketones is 1. The molecule has 1 N–H and O–H groups in total. The van der Waals surface area contributed by atoms with Crippen LogP contribution in [0, 0.1) is 0 Å². The van der Waals surface area contributed by atoms with E-state index in [-0.39, 0.29) is 11.3 Å². The smallest absolute Gasteiger partial charge is 0.351 e. The van der Waals surface area contributed by atoms with E-state index >= 15 is 0 Å². The Bertz CT molecular complexity index is 1210. The summed E-state index contributed by atoms with van der Waals surface area (Å²) in [5.74, 6) is 0.0632. The average molecular weight is 358 g/mol. The van der Waals surface area contributed by atoms with Gasteiger partial charge < -0.3 is 13.9 Å². The predicted octanol–water partition coefficient (Wildman–Crippen LogP) is 4.65. The molecule has 0 bridgehead atoms. The zero-order valence-corrected chi connectivity index (χ0v) is 14.1. The minimum absolute atomic E-state index is 0.221. The first-order valence-corrected chi connectivity index (χ1v) is 8.26. The fraction of sp³-hybridized carbons (Fsp3) is 0. The zero-order valence-electron chi connectivity index (χ0n) is 14.1. The van der Waals surface area contributed by atoms with Crippen molar-refractivity contribution in [3.05, 3.63) is 94.5 Å². The zero-order chi connectivity index (χ0) is 18.8. The van der Waals surface area contributed by atoms with Crippen LogP contribution in [-0.2, 0) is 0 Å².